The van der Waals surface area contributed by atoms with Gasteiger partial charge in [-0.25, -0.2) is 4.39 Å². The SMILES string of the molecule is CCCOc1ccc(/C(O)=C2\C(=O)C(=O)N(c3nnc(SCc4ccc(F)cc4)s3)C2c2ccc(OCC)c(OCC)c2)cc1. The smallest absolute Gasteiger partial charge is 0.301 e. The number of carbonyl (C=O) groups excluding carboxylic acids is 2. The van der Waals surface area contributed by atoms with Crippen molar-refractivity contribution in [2.45, 2.75) is 43.3 Å². The molecule has 0 spiro atoms. The number of ketones is 1. The Hall–Kier alpha value is -4.42. The summed E-state index contributed by atoms with van der Waals surface area (Å²) >= 11 is 2.52. The van der Waals surface area contributed by atoms with Gasteiger partial charge in [0, 0.05) is 11.3 Å². The van der Waals surface area contributed by atoms with E-state index < -0.39 is 17.7 Å². The second kappa shape index (κ2) is 14.6. The summed E-state index contributed by atoms with van der Waals surface area (Å²) < 4.78 is 31.1. The van der Waals surface area contributed by atoms with Crippen LogP contribution in [0.2, 0.25) is 0 Å². The Morgan fingerprint density at radius 3 is 2.33 bits per heavy atom. The zero-order chi connectivity index (χ0) is 31.9. The molecule has 45 heavy (non-hydrogen) atoms. The van der Waals surface area contributed by atoms with E-state index in [2.05, 4.69) is 10.2 Å². The number of carbonyl (C=O) groups is 2. The van der Waals surface area contributed by atoms with Gasteiger partial charge in [0.2, 0.25) is 5.13 Å². The van der Waals surface area contributed by atoms with Crippen molar-refractivity contribution in [2.75, 3.05) is 24.7 Å². The van der Waals surface area contributed by atoms with Gasteiger partial charge in [0.1, 0.15) is 17.3 Å². The summed E-state index contributed by atoms with van der Waals surface area (Å²) in [4.78, 5) is 28.6. The zero-order valence-corrected chi connectivity index (χ0v) is 26.6. The van der Waals surface area contributed by atoms with Crippen LogP contribution in [0.1, 0.15) is 49.9 Å². The summed E-state index contributed by atoms with van der Waals surface area (Å²) in [5, 5.41) is 20.2. The van der Waals surface area contributed by atoms with Crippen molar-refractivity contribution in [1.29, 1.82) is 0 Å². The number of anilines is 1. The summed E-state index contributed by atoms with van der Waals surface area (Å²) in [7, 11) is 0. The lowest BCUT2D eigenvalue weighted by Gasteiger charge is -2.23. The molecule has 234 valence electrons. The van der Waals surface area contributed by atoms with Crippen LogP contribution in [0.5, 0.6) is 17.2 Å². The average molecular weight is 650 g/mol. The molecule has 4 aromatic rings. The number of aromatic nitrogens is 2. The van der Waals surface area contributed by atoms with Crippen molar-refractivity contribution in [3.63, 3.8) is 0 Å². The van der Waals surface area contributed by atoms with Crippen molar-refractivity contribution in [2.24, 2.45) is 0 Å². The fraction of sp³-hybridized carbons (Fsp3) is 0.273. The topological polar surface area (TPSA) is 111 Å². The van der Waals surface area contributed by atoms with Crippen LogP contribution < -0.4 is 19.1 Å². The molecule has 1 unspecified atom stereocenters. The summed E-state index contributed by atoms with van der Waals surface area (Å²) in [6.45, 7) is 7.03. The molecule has 0 radical (unpaired) electrons. The van der Waals surface area contributed by atoms with E-state index >= 15 is 0 Å². The molecule has 1 aliphatic heterocycles. The Labute approximate surface area is 268 Å². The quantitative estimate of drug-likeness (QED) is 0.0529. The Morgan fingerprint density at radius 2 is 1.64 bits per heavy atom. The molecular formula is C33H32FN3O6S2. The first-order chi connectivity index (χ1) is 21.8. The number of nitrogens with zero attached hydrogens (tertiary/aromatic N) is 3. The molecule has 5 rings (SSSR count). The lowest BCUT2D eigenvalue weighted by Crippen LogP contribution is -2.29. The Balaban J connectivity index is 1.56. The first kappa shape index (κ1) is 32.0. The average Bonchev–Trinajstić information content (AvgIpc) is 3.62. The lowest BCUT2D eigenvalue weighted by atomic mass is 9.95. The molecule has 1 N–H and O–H groups in total. The van der Waals surface area contributed by atoms with Crippen LogP contribution in [0, 0.1) is 5.82 Å². The molecule has 12 heteroatoms. The van der Waals surface area contributed by atoms with Crippen LogP contribution in [-0.2, 0) is 15.3 Å². The molecule has 3 aromatic carbocycles. The maximum Gasteiger partial charge on any atom is 0.301 e. The van der Waals surface area contributed by atoms with Crippen molar-refractivity contribution in [1.82, 2.24) is 10.2 Å². The largest absolute Gasteiger partial charge is 0.507 e. The monoisotopic (exact) mass is 649 g/mol. The molecule has 1 fully saturated rings. The standard InChI is InChI=1S/C33H32FN3O6S2/c1-4-17-43-24-14-9-21(10-15-24)29(38)27-28(22-11-16-25(41-5-2)26(18-22)42-6-3)37(31(40)30(27)39)32-35-36-33(45-32)44-19-20-7-12-23(34)13-8-20/h7-16,18,28,38H,4-6,17,19H2,1-3H3/b29-27+. The number of aliphatic hydroxyl groups excluding tert-OH is 1. The summed E-state index contributed by atoms with van der Waals surface area (Å²) in [5.74, 6) is -0.270. The van der Waals surface area contributed by atoms with Gasteiger partial charge in [-0.15, -0.1) is 10.2 Å². The Morgan fingerprint density at radius 1 is 0.933 bits per heavy atom. The molecule has 1 atom stereocenters. The predicted molar refractivity (Wildman–Crippen MR) is 172 cm³/mol. The molecule has 0 aliphatic carbocycles. The van der Waals surface area contributed by atoms with Gasteiger partial charge in [-0.05, 0) is 79.9 Å². The predicted octanol–water partition coefficient (Wildman–Crippen LogP) is 7.18. The minimum absolute atomic E-state index is 0.0930. The van der Waals surface area contributed by atoms with Gasteiger partial charge in [-0.3, -0.25) is 14.5 Å². The lowest BCUT2D eigenvalue weighted by molar-refractivity contribution is -0.132. The molecule has 0 saturated carbocycles. The van der Waals surface area contributed by atoms with Gasteiger partial charge >= 0.3 is 5.91 Å². The van der Waals surface area contributed by atoms with E-state index in [4.69, 9.17) is 14.2 Å². The van der Waals surface area contributed by atoms with E-state index in [-0.39, 0.29) is 22.3 Å². The fourth-order valence-corrected chi connectivity index (χ4v) is 6.57. The number of hydrogen-bond donors (Lipinski definition) is 1. The van der Waals surface area contributed by atoms with Gasteiger partial charge in [0.25, 0.3) is 5.78 Å². The Kier molecular flexibility index (Phi) is 10.4. The Bertz CT molecular complexity index is 1690. The molecule has 2 heterocycles. The number of hydrogen-bond acceptors (Lipinski definition) is 10. The maximum absolute atomic E-state index is 13.7. The van der Waals surface area contributed by atoms with Gasteiger partial charge < -0.3 is 19.3 Å². The third kappa shape index (κ3) is 7.12. The third-order valence-corrected chi connectivity index (χ3v) is 8.93. The minimum Gasteiger partial charge on any atom is -0.507 e. The number of Topliss-reactive ketones (excluding diaryl/α,β-unsaturated/α-hetero) is 1. The highest BCUT2D eigenvalue weighted by atomic mass is 32.2. The first-order valence-electron chi connectivity index (χ1n) is 14.5. The highest BCUT2D eigenvalue weighted by molar-refractivity contribution is 8.00. The van der Waals surface area contributed by atoms with E-state index in [1.54, 1.807) is 54.6 Å². The van der Waals surface area contributed by atoms with Crippen LogP contribution in [0.4, 0.5) is 9.52 Å². The summed E-state index contributed by atoms with van der Waals surface area (Å²) in [6, 6.07) is 17.0. The van der Waals surface area contributed by atoms with Crippen LogP contribution in [0.3, 0.4) is 0 Å². The maximum atomic E-state index is 13.7. The minimum atomic E-state index is -1.03. The van der Waals surface area contributed by atoms with Crippen LogP contribution in [-0.4, -0.2) is 46.8 Å². The summed E-state index contributed by atoms with van der Waals surface area (Å²) in [5.41, 5.74) is 1.67. The first-order valence-corrected chi connectivity index (χ1v) is 16.3. The van der Waals surface area contributed by atoms with E-state index in [1.807, 2.05) is 20.8 Å². The number of thioether (sulfide) groups is 1. The second-order valence-electron chi connectivity index (χ2n) is 9.88. The number of aliphatic hydroxyl groups is 1. The highest BCUT2D eigenvalue weighted by Crippen LogP contribution is 2.45. The van der Waals surface area contributed by atoms with Gasteiger partial charge in [-0.2, -0.15) is 0 Å². The van der Waals surface area contributed by atoms with Gasteiger partial charge in [-0.1, -0.05) is 48.2 Å². The van der Waals surface area contributed by atoms with Gasteiger partial charge in [0.15, 0.2) is 15.8 Å². The molecule has 1 aromatic heterocycles. The second-order valence-corrected chi connectivity index (χ2v) is 12.1. The number of amides is 1. The number of halogens is 1. The molecular weight excluding hydrogens is 618 g/mol. The van der Waals surface area contributed by atoms with Crippen LogP contribution >= 0.6 is 23.1 Å². The number of benzene rings is 3. The molecule has 1 aliphatic rings. The van der Waals surface area contributed by atoms with Gasteiger partial charge in [0.05, 0.1) is 31.4 Å². The normalized spacial score (nSPS) is 15.8. The zero-order valence-electron chi connectivity index (χ0n) is 25.0. The van der Waals surface area contributed by atoms with E-state index in [9.17, 15) is 19.1 Å². The van der Waals surface area contributed by atoms with E-state index in [0.29, 0.717) is 58.3 Å². The van der Waals surface area contributed by atoms with Crippen molar-refractivity contribution in [3.8, 4) is 17.2 Å². The molecule has 1 saturated heterocycles. The number of rotatable bonds is 13. The van der Waals surface area contributed by atoms with E-state index in [0.717, 1.165) is 23.3 Å². The van der Waals surface area contributed by atoms with Crippen molar-refractivity contribution >= 4 is 45.7 Å². The van der Waals surface area contributed by atoms with Crippen molar-refractivity contribution in [3.05, 3.63) is 94.8 Å². The van der Waals surface area contributed by atoms with E-state index in [1.165, 1.54) is 28.8 Å². The molecule has 1 amide bonds. The third-order valence-electron chi connectivity index (χ3n) is 6.81. The molecule has 0 bridgehead atoms. The number of ether oxygens (including phenoxy) is 3. The fourth-order valence-electron chi connectivity index (χ4n) is 4.75. The van der Waals surface area contributed by atoms with Crippen molar-refractivity contribution < 1.29 is 33.3 Å². The van der Waals surface area contributed by atoms with Crippen LogP contribution in [0.25, 0.3) is 5.76 Å². The molecule has 9 nitrogen and oxygen atoms in total. The highest BCUT2D eigenvalue weighted by Gasteiger charge is 2.48. The summed E-state index contributed by atoms with van der Waals surface area (Å²) in [6.07, 6.45) is 0.842. The van der Waals surface area contributed by atoms with Crippen LogP contribution in [0.15, 0.2) is 76.6 Å².